The third-order valence-corrected chi connectivity index (χ3v) is 4.33. The molecule has 0 aliphatic rings. The topological polar surface area (TPSA) is 66.9 Å². The highest BCUT2D eigenvalue weighted by Crippen LogP contribution is 2.23. The van der Waals surface area contributed by atoms with E-state index in [1.165, 1.54) is 23.5 Å². The summed E-state index contributed by atoms with van der Waals surface area (Å²) in [5, 5.41) is 8.21. The van der Waals surface area contributed by atoms with Crippen LogP contribution in [0, 0.1) is 5.82 Å². The van der Waals surface area contributed by atoms with Gasteiger partial charge in [-0.1, -0.05) is 12.1 Å². The Bertz CT molecular complexity index is 820. The zero-order valence-electron chi connectivity index (χ0n) is 12.9. The van der Waals surface area contributed by atoms with Gasteiger partial charge in [-0.3, -0.25) is 9.78 Å². The predicted octanol–water partition coefficient (Wildman–Crippen LogP) is 3.24. The lowest BCUT2D eigenvalue weighted by molar-refractivity contribution is 0.0938. The van der Waals surface area contributed by atoms with Gasteiger partial charge >= 0.3 is 0 Å². The maximum absolute atomic E-state index is 13.2. The second-order valence-corrected chi connectivity index (χ2v) is 5.88. The number of thiazole rings is 1. The van der Waals surface area contributed by atoms with Crippen LogP contribution >= 0.6 is 11.3 Å². The highest BCUT2D eigenvalue weighted by Gasteiger charge is 2.19. The molecule has 0 unspecified atom stereocenters. The van der Waals surface area contributed by atoms with E-state index in [0.29, 0.717) is 10.8 Å². The Balaban J connectivity index is 1.90. The number of hydrogen-bond acceptors (Lipinski definition) is 5. The van der Waals surface area contributed by atoms with Crippen LogP contribution in [-0.4, -0.2) is 22.9 Å². The molecule has 5 nitrogen and oxygen atoms in total. The lowest BCUT2D eigenvalue weighted by Gasteiger charge is -2.19. The second-order valence-electron chi connectivity index (χ2n) is 5.03. The summed E-state index contributed by atoms with van der Waals surface area (Å²) in [6.45, 7) is 0. The largest absolute Gasteiger partial charge is 0.365 e. The smallest absolute Gasteiger partial charge is 0.271 e. The monoisotopic (exact) mass is 342 g/mol. The Kier molecular flexibility index (Phi) is 4.81. The number of hydrogen-bond donors (Lipinski definition) is 2. The van der Waals surface area contributed by atoms with Crippen molar-refractivity contribution in [2.75, 3.05) is 12.4 Å². The molecular formula is C17H15FN4OS. The number of carbonyl (C=O) groups is 1. The van der Waals surface area contributed by atoms with Crippen LogP contribution in [0.4, 0.5) is 9.52 Å². The van der Waals surface area contributed by atoms with Gasteiger partial charge in [-0.2, -0.15) is 0 Å². The fourth-order valence-corrected chi connectivity index (χ4v) is 2.92. The SMILES string of the molecule is CNc1nc(C(=O)N[C@@H](c2ccncc2)c2ccc(F)cc2)cs1. The van der Waals surface area contributed by atoms with E-state index in [9.17, 15) is 9.18 Å². The molecule has 0 aliphatic carbocycles. The summed E-state index contributed by atoms with van der Waals surface area (Å²) in [6, 6.07) is 9.26. The van der Waals surface area contributed by atoms with E-state index in [2.05, 4.69) is 20.6 Å². The summed E-state index contributed by atoms with van der Waals surface area (Å²) in [6.07, 6.45) is 3.31. The predicted molar refractivity (Wildman–Crippen MR) is 91.6 cm³/mol. The fourth-order valence-electron chi connectivity index (χ4n) is 2.27. The first-order valence-electron chi connectivity index (χ1n) is 7.27. The minimum absolute atomic E-state index is 0.293. The molecule has 0 aliphatic heterocycles. The fraction of sp³-hybridized carbons (Fsp3) is 0.118. The summed E-state index contributed by atoms with van der Waals surface area (Å²) in [4.78, 5) is 20.7. The molecule has 1 atom stereocenters. The number of amides is 1. The standard InChI is InChI=1S/C17H15FN4OS/c1-19-17-21-14(10-24-17)16(23)22-15(12-6-8-20-9-7-12)11-2-4-13(18)5-3-11/h2-10,15H,1H3,(H,19,21)(H,22,23)/t15-/m1/s1. The number of aromatic nitrogens is 2. The number of nitrogens with one attached hydrogen (secondary N) is 2. The Labute approximate surface area is 142 Å². The molecule has 0 spiro atoms. The van der Waals surface area contributed by atoms with Crippen LogP contribution in [-0.2, 0) is 0 Å². The molecule has 122 valence electrons. The van der Waals surface area contributed by atoms with Crippen molar-refractivity contribution in [1.29, 1.82) is 0 Å². The Morgan fingerprint density at radius 2 is 1.79 bits per heavy atom. The lowest BCUT2D eigenvalue weighted by Crippen LogP contribution is -2.29. The zero-order chi connectivity index (χ0) is 16.9. The van der Waals surface area contributed by atoms with Crippen LogP contribution in [0.3, 0.4) is 0 Å². The van der Waals surface area contributed by atoms with Gasteiger partial charge in [0.1, 0.15) is 11.5 Å². The number of carbonyl (C=O) groups excluding carboxylic acids is 1. The van der Waals surface area contributed by atoms with E-state index >= 15 is 0 Å². The quantitative estimate of drug-likeness (QED) is 0.747. The molecule has 2 N–H and O–H groups in total. The maximum atomic E-state index is 13.2. The first-order chi connectivity index (χ1) is 11.7. The van der Waals surface area contributed by atoms with Crippen LogP contribution in [0.25, 0.3) is 0 Å². The van der Waals surface area contributed by atoms with Gasteiger partial charge in [0.15, 0.2) is 5.13 Å². The van der Waals surface area contributed by atoms with Crippen LogP contribution in [0.5, 0.6) is 0 Å². The normalized spacial score (nSPS) is 11.8. The molecule has 0 radical (unpaired) electrons. The number of pyridine rings is 1. The van der Waals surface area contributed by atoms with Gasteiger partial charge in [-0.25, -0.2) is 9.37 Å². The van der Waals surface area contributed by atoms with Crippen molar-refractivity contribution in [3.63, 3.8) is 0 Å². The van der Waals surface area contributed by atoms with Gasteiger partial charge in [0.2, 0.25) is 0 Å². The highest BCUT2D eigenvalue weighted by molar-refractivity contribution is 7.13. The molecule has 0 saturated heterocycles. The van der Waals surface area contributed by atoms with Gasteiger partial charge < -0.3 is 10.6 Å². The average Bonchev–Trinajstić information content (AvgIpc) is 3.10. The summed E-state index contributed by atoms with van der Waals surface area (Å²) in [5.74, 6) is -0.615. The summed E-state index contributed by atoms with van der Waals surface area (Å²) < 4.78 is 13.2. The van der Waals surface area contributed by atoms with E-state index in [1.54, 1.807) is 37.0 Å². The van der Waals surface area contributed by atoms with E-state index < -0.39 is 6.04 Å². The van der Waals surface area contributed by atoms with Crippen LogP contribution in [0.1, 0.15) is 27.7 Å². The Hall–Kier alpha value is -2.80. The molecule has 2 heterocycles. The Morgan fingerprint density at radius 1 is 1.12 bits per heavy atom. The number of nitrogens with zero attached hydrogens (tertiary/aromatic N) is 2. The van der Waals surface area contributed by atoms with Crippen LogP contribution in [0.15, 0.2) is 54.2 Å². The molecule has 0 fully saturated rings. The minimum atomic E-state index is -0.416. The Morgan fingerprint density at radius 3 is 2.42 bits per heavy atom. The molecule has 0 bridgehead atoms. The van der Waals surface area contributed by atoms with E-state index in [0.717, 1.165) is 11.1 Å². The molecule has 0 saturated carbocycles. The molecule has 1 aromatic carbocycles. The average molecular weight is 342 g/mol. The zero-order valence-corrected chi connectivity index (χ0v) is 13.7. The number of rotatable bonds is 5. The second kappa shape index (κ2) is 7.18. The maximum Gasteiger partial charge on any atom is 0.271 e. The van der Waals surface area contributed by atoms with Crippen molar-refractivity contribution < 1.29 is 9.18 Å². The van der Waals surface area contributed by atoms with Gasteiger partial charge in [-0.05, 0) is 35.4 Å². The molecule has 7 heteroatoms. The number of anilines is 1. The van der Waals surface area contributed by atoms with E-state index in [1.807, 2.05) is 12.1 Å². The molecule has 2 aromatic heterocycles. The van der Waals surface area contributed by atoms with Gasteiger partial charge in [0.05, 0.1) is 6.04 Å². The van der Waals surface area contributed by atoms with Gasteiger partial charge in [-0.15, -0.1) is 11.3 Å². The van der Waals surface area contributed by atoms with Crippen LogP contribution in [0.2, 0.25) is 0 Å². The van der Waals surface area contributed by atoms with Crippen molar-refractivity contribution in [3.05, 3.63) is 76.8 Å². The van der Waals surface area contributed by atoms with Crippen LogP contribution < -0.4 is 10.6 Å². The van der Waals surface area contributed by atoms with Crippen molar-refractivity contribution in [3.8, 4) is 0 Å². The third kappa shape index (κ3) is 3.57. The summed E-state index contributed by atoms with van der Waals surface area (Å²) >= 11 is 1.36. The number of halogens is 1. The molecule has 24 heavy (non-hydrogen) atoms. The molecular weight excluding hydrogens is 327 g/mol. The number of benzene rings is 1. The van der Waals surface area contributed by atoms with Crippen molar-refractivity contribution in [2.24, 2.45) is 0 Å². The first kappa shape index (κ1) is 16.1. The van der Waals surface area contributed by atoms with Gasteiger partial charge in [0, 0.05) is 24.8 Å². The molecule has 3 rings (SSSR count). The van der Waals surface area contributed by atoms with Crippen molar-refractivity contribution in [2.45, 2.75) is 6.04 Å². The minimum Gasteiger partial charge on any atom is -0.365 e. The van der Waals surface area contributed by atoms with Crippen molar-refractivity contribution in [1.82, 2.24) is 15.3 Å². The van der Waals surface area contributed by atoms with E-state index in [4.69, 9.17) is 0 Å². The molecule has 1 amide bonds. The lowest BCUT2D eigenvalue weighted by atomic mass is 9.99. The highest BCUT2D eigenvalue weighted by atomic mass is 32.1. The van der Waals surface area contributed by atoms with E-state index in [-0.39, 0.29) is 11.7 Å². The summed E-state index contributed by atoms with van der Waals surface area (Å²) in [5.41, 5.74) is 1.97. The summed E-state index contributed by atoms with van der Waals surface area (Å²) in [7, 11) is 1.75. The first-order valence-corrected chi connectivity index (χ1v) is 8.15. The van der Waals surface area contributed by atoms with Crippen molar-refractivity contribution >= 4 is 22.4 Å². The third-order valence-electron chi connectivity index (χ3n) is 3.47. The van der Waals surface area contributed by atoms with Gasteiger partial charge in [0.25, 0.3) is 5.91 Å². The molecule has 3 aromatic rings.